The second-order valence-corrected chi connectivity index (χ2v) is 5.73. The molecule has 27 heavy (non-hydrogen) atoms. The van der Waals surface area contributed by atoms with Crippen LogP contribution in [0.1, 0.15) is 34.8 Å². The molecule has 10 heteroatoms. The molecule has 0 saturated heterocycles. The maximum absolute atomic E-state index is 13.8. The molecule has 1 aliphatic carbocycles. The van der Waals surface area contributed by atoms with Crippen LogP contribution < -0.4 is 4.74 Å². The molecule has 0 aromatic heterocycles. The number of hydrogen-bond acceptors (Lipinski definition) is 3. The van der Waals surface area contributed by atoms with Gasteiger partial charge in [0.1, 0.15) is 17.3 Å². The zero-order valence-electron chi connectivity index (χ0n) is 13.0. The number of nitrogens with zero attached hydrogens (tertiary/aromatic N) is 1. The van der Waals surface area contributed by atoms with Crippen LogP contribution in [-0.2, 0) is 5.92 Å². The number of hydrogen-bond donors (Lipinski definition) is 1. The van der Waals surface area contributed by atoms with Crippen molar-refractivity contribution in [1.29, 1.82) is 5.26 Å². The Morgan fingerprint density at radius 2 is 1.78 bits per heavy atom. The van der Waals surface area contributed by atoms with Crippen LogP contribution in [0.2, 0.25) is 0 Å². The highest BCUT2D eigenvalue weighted by Gasteiger charge is 2.69. The summed E-state index contributed by atoms with van der Waals surface area (Å²) >= 11 is 0. The smallest absolute Gasteiger partial charge is 0.343 e. The second-order valence-electron chi connectivity index (χ2n) is 5.73. The normalized spacial score (nSPS) is 19.6. The van der Waals surface area contributed by atoms with Crippen molar-refractivity contribution < 1.29 is 40.6 Å². The zero-order valence-corrected chi connectivity index (χ0v) is 13.0. The molecule has 0 unspecified atom stereocenters. The van der Waals surface area contributed by atoms with Crippen LogP contribution in [0.15, 0.2) is 30.3 Å². The number of nitriles is 1. The van der Waals surface area contributed by atoms with Crippen molar-refractivity contribution in [3.8, 4) is 17.6 Å². The van der Waals surface area contributed by atoms with Crippen LogP contribution in [0.4, 0.5) is 30.7 Å². The molecular formula is C17H8F7NO2. The molecule has 0 aliphatic heterocycles. The molecule has 0 spiro atoms. The predicted octanol–water partition coefficient (Wildman–Crippen LogP) is 5.20. The minimum Gasteiger partial charge on any atom is -0.457 e. The average molecular weight is 391 g/mol. The van der Waals surface area contributed by atoms with Gasteiger partial charge in [0.2, 0.25) is 0 Å². The van der Waals surface area contributed by atoms with Gasteiger partial charge in [0, 0.05) is 17.2 Å². The molecule has 1 aliphatic rings. The van der Waals surface area contributed by atoms with Gasteiger partial charge in [-0.3, -0.25) is 0 Å². The largest absolute Gasteiger partial charge is 0.457 e. The van der Waals surface area contributed by atoms with E-state index in [-0.39, 0.29) is 5.56 Å². The number of halogens is 7. The van der Waals surface area contributed by atoms with Gasteiger partial charge < -0.3 is 9.84 Å². The first kappa shape index (κ1) is 19.0. The van der Waals surface area contributed by atoms with Crippen LogP contribution in [0.25, 0.3) is 0 Å². The molecule has 0 saturated carbocycles. The van der Waals surface area contributed by atoms with Gasteiger partial charge in [0.05, 0.1) is 17.2 Å². The lowest BCUT2D eigenvalue weighted by molar-refractivity contribution is -0.246. The van der Waals surface area contributed by atoms with Crippen molar-refractivity contribution in [3.63, 3.8) is 0 Å². The fraction of sp³-hybridized carbons (Fsp3) is 0.235. The maximum Gasteiger partial charge on any atom is 0.343 e. The number of aliphatic hydroxyl groups excluding tert-OH is 1. The summed E-state index contributed by atoms with van der Waals surface area (Å²) in [6.07, 6.45) is -6.74. The van der Waals surface area contributed by atoms with Crippen molar-refractivity contribution >= 4 is 0 Å². The van der Waals surface area contributed by atoms with E-state index in [0.717, 1.165) is 18.2 Å². The molecule has 0 heterocycles. The van der Waals surface area contributed by atoms with Gasteiger partial charge in [0.25, 0.3) is 6.43 Å². The van der Waals surface area contributed by atoms with Crippen LogP contribution >= 0.6 is 0 Å². The van der Waals surface area contributed by atoms with Gasteiger partial charge in [0.15, 0.2) is 6.10 Å². The minimum absolute atomic E-state index is 0.220. The molecule has 3 rings (SSSR count). The summed E-state index contributed by atoms with van der Waals surface area (Å²) < 4.78 is 100. The lowest BCUT2D eigenvalue weighted by Crippen LogP contribution is -2.36. The summed E-state index contributed by atoms with van der Waals surface area (Å²) in [7, 11) is 0. The van der Waals surface area contributed by atoms with E-state index in [1.165, 1.54) is 0 Å². The second kappa shape index (κ2) is 6.13. The highest BCUT2D eigenvalue weighted by molar-refractivity contribution is 5.54. The molecule has 2 aromatic carbocycles. The highest BCUT2D eigenvalue weighted by atomic mass is 19.3. The number of aliphatic hydroxyl groups is 1. The lowest BCUT2D eigenvalue weighted by atomic mass is 10.0. The van der Waals surface area contributed by atoms with Crippen molar-refractivity contribution in [2.24, 2.45) is 0 Å². The first-order valence-corrected chi connectivity index (χ1v) is 7.28. The van der Waals surface area contributed by atoms with Crippen molar-refractivity contribution in [3.05, 3.63) is 58.4 Å². The Labute approximate surface area is 147 Å². The Morgan fingerprint density at radius 3 is 2.37 bits per heavy atom. The number of alkyl halides is 6. The number of fused-ring (bicyclic) bond motifs is 1. The SMILES string of the molecule is N#Cc1cc(F)cc(Oc2ccc3c(c2C(F)F)[C@H](O)C(F)(F)C3(F)F)c1. The predicted molar refractivity (Wildman–Crippen MR) is 76.4 cm³/mol. The summed E-state index contributed by atoms with van der Waals surface area (Å²) in [6.45, 7) is 0. The fourth-order valence-electron chi connectivity index (χ4n) is 2.84. The summed E-state index contributed by atoms with van der Waals surface area (Å²) in [6, 6.07) is 5.16. The van der Waals surface area contributed by atoms with Gasteiger partial charge in [-0.15, -0.1) is 0 Å². The van der Waals surface area contributed by atoms with Crippen molar-refractivity contribution in [2.45, 2.75) is 24.4 Å². The van der Waals surface area contributed by atoms with Gasteiger partial charge in [-0.1, -0.05) is 0 Å². The standard InChI is InChI=1S/C17H8F7NO2/c18-8-3-7(6-25)4-9(5-8)27-11-2-1-10-12(13(11)15(19)20)14(26)17(23,24)16(10,21)22/h1-5,14-15,26H/t14-/m0/s1. The Bertz CT molecular complexity index is 953. The summed E-state index contributed by atoms with van der Waals surface area (Å²) in [5.41, 5.74) is -4.36. The van der Waals surface area contributed by atoms with E-state index in [1.54, 1.807) is 6.07 Å². The molecule has 1 N–H and O–H groups in total. The summed E-state index contributed by atoms with van der Waals surface area (Å²) in [5.74, 6) is -12.1. The van der Waals surface area contributed by atoms with Gasteiger partial charge >= 0.3 is 11.8 Å². The van der Waals surface area contributed by atoms with Crippen molar-refractivity contribution in [2.75, 3.05) is 0 Å². The third-order valence-corrected chi connectivity index (χ3v) is 4.07. The first-order chi connectivity index (χ1) is 12.5. The Balaban J connectivity index is 2.17. The van der Waals surface area contributed by atoms with Crippen LogP contribution in [0.3, 0.4) is 0 Å². The molecule has 142 valence electrons. The molecule has 0 amide bonds. The molecule has 0 bridgehead atoms. The Morgan fingerprint density at radius 1 is 1.11 bits per heavy atom. The molecule has 3 nitrogen and oxygen atoms in total. The average Bonchev–Trinajstić information content (AvgIpc) is 2.71. The molecule has 1 atom stereocenters. The minimum atomic E-state index is -5.00. The highest BCUT2D eigenvalue weighted by Crippen LogP contribution is 2.60. The maximum atomic E-state index is 13.8. The zero-order chi connectivity index (χ0) is 20.1. The monoisotopic (exact) mass is 391 g/mol. The van der Waals surface area contributed by atoms with Crippen molar-refractivity contribution in [1.82, 2.24) is 0 Å². The summed E-state index contributed by atoms with van der Waals surface area (Å²) in [4.78, 5) is 0. The molecular weight excluding hydrogens is 383 g/mol. The lowest BCUT2D eigenvalue weighted by Gasteiger charge is -2.21. The number of rotatable bonds is 3. The molecule has 0 fully saturated rings. The van der Waals surface area contributed by atoms with Crippen LogP contribution in [-0.4, -0.2) is 11.0 Å². The first-order valence-electron chi connectivity index (χ1n) is 7.28. The van der Waals surface area contributed by atoms with E-state index in [2.05, 4.69) is 0 Å². The van der Waals surface area contributed by atoms with Gasteiger partial charge in [-0.05, 0) is 24.3 Å². The fourth-order valence-corrected chi connectivity index (χ4v) is 2.84. The van der Waals surface area contributed by atoms with E-state index in [1.807, 2.05) is 0 Å². The van der Waals surface area contributed by atoms with E-state index in [4.69, 9.17) is 10.00 Å². The van der Waals surface area contributed by atoms with Crippen LogP contribution in [0, 0.1) is 17.1 Å². The third-order valence-electron chi connectivity index (χ3n) is 4.07. The quantitative estimate of drug-likeness (QED) is 0.732. The van der Waals surface area contributed by atoms with Gasteiger partial charge in [-0.2, -0.15) is 22.8 Å². The van der Waals surface area contributed by atoms with Crippen LogP contribution in [0.5, 0.6) is 11.5 Å². The van der Waals surface area contributed by atoms with E-state index < -0.39 is 58.4 Å². The van der Waals surface area contributed by atoms with E-state index >= 15 is 0 Å². The Kier molecular flexibility index (Phi) is 4.31. The topological polar surface area (TPSA) is 53.2 Å². The van der Waals surface area contributed by atoms with E-state index in [0.29, 0.717) is 12.1 Å². The molecule has 0 radical (unpaired) electrons. The molecule has 2 aromatic rings. The number of benzene rings is 2. The van der Waals surface area contributed by atoms with Gasteiger partial charge in [-0.25, -0.2) is 13.2 Å². The number of ether oxygens (including phenoxy) is 1. The Hall–Kier alpha value is -2.80. The van der Waals surface area contributed by atoms with E-state index in [9.17, 15) is 35.8 Å². The summed E-state index contributed by atoms with van der Waals surface area (Å²) in [5, 5.41) is 18.3. The third kappa shape index (κ3) is 2.78.